The lowest BCUT2D eigenvalue weighted by Crippen LogP contribution is -2.10. The zero-order valence-corrected chi connectivity index (χ0v) is 9.66. The van der Waals surface area contributed by atoms with Crippen LogP contribution in [-0.4, -0.2) is 18.3 Å². The lowest BCUT2D eigenvalue weighted by molar-refractivity contribution is 0.293. The number of ether oxygens (including phenoxy) is 1. The first-order valence-electron chi connectivity index (χ1n) is 4.63. The highest BCUT2D eigenvalue weighted by Crippen LogP contribution is 2.29. The summed E-state index contributed by atoms with van der Waals surface area (Å²) in [5.41, 5.74) is 7.20. The summed E-state index contributed by atoms with van der Waals surface area (Å²) in [5.74, 6) is 0.519. The normalized spacial score (nSPS) is 10.8. The van der Waals surface area contributed by atoms with Gasteiger partial charge in [-0.05, 0) is 16.8 Å². The summed E-state index contributed by atoms with van der Waals surface area (Å²) in [6.45, 7) is 0.906. The molecule has 0 atom stereocenters. The zero-order chi connectivity index (χ0) is 10.7. The van der Waals surface area contributed by atoms with E-state index in [-0.39, 0.29) is 0 Å². The van der Waals surface area contributed by atoms with Gasteiger partial charge in [0.15, 0.2) is 5.58 Å². The first-order valence-corrected chi connectivity index (χ1v) is 5.75. The van der Waals surface area contributed by atoms with E-state index in [9.17, 15) is 0 Å². The van der Waals surface area contributed by atoms with Gasteiger partial charge in [-0.25, -0.2) is 0 Å². The highest BCUT2D eigenvalue weighted by Gasteiger charge is 2.12. The van der Waals surface area contributed by atoms with Crippen LogP contribution in [0.3, 0.4) is 0 Å². The Bertz CT molecular complexity index is 456. The number of nitrogens with two attached hydrogens (primary N) is 1. The van der Waals surface area contributed by atoms with Gasteiger partial charge in [-0.1, -0.05) is 28.1 Å². The Morgan fingerprint density at radius 3 is 3.07 bits per heavy atom. The van der Waals surface area contributed by atoms with Gasteiger partial charge in [0.25, 0.3) is 5.88 Å². The second-order valence-corrected chi connectivity index (χ2v) is 3.61. The molecule has 0 aliphatic heterocycles. The maximum absolute atomic E-state index is 5.40. The number of nitrogens with zero attached hydrogens (tertiary/aromatic N) is 1. The summed E-state index contributed by atoms with van der Waals surface area (Å²) >= 11 is 3.42. The standard InChI is InChI=1S/C10H11BrN2O2/c11-6-7-2-1-3-8-9(7)10(13-15-8)14-5-4-12/h1-3H,4-6,12H2. The minimum absolute atomic E-state index is 0.443. The molecular weight excluding hydrogens is 260 g/mol. The predicted octanol–water partition coefficient (Wildman–Crippen LogP) is 2.06. The van der Waals surface area contributed by atoms with Crippen LogP contribution in [-0.2, 0) is 5.33 Å². The molecular formula is C10H11BrN2O2. The van der Waals surface area contributed by atoms with Gasteiger partial charge in [0.05, 0.1) is 5.39 Å². The summed E-state index contributed by atoms with van der Waals surface area (Å²) in [7, 11) is 0. The molecule has 15 heavy (non-hydrogen) atoms. The number of benzene rings is 1. The van der Waals surface area contributed by atoms with Gasteiger partial charge in [0.1, 0.15) is 6.61 Å². The molecule has 1 heterocycles. The molecule has 2 rings (SSSR count). The molecule has 0 unspecified atom stereocenters. The third-order valence-corrected chi connectivity index (χ3v) is 2.66. The molecule has 0 saturated heterocycles. The van der Waals surface area contributed by atoms with Gasteiger partial charge >= 0.3 is 0 Å². The lowest BCUT2D eigenvalue weighted by atomic mass is 10.1. The van der Waals surface area contributed by atoms with Crippen molar-refractivity contribution in [2.24, 2.45) is 5.73 Å². The topological polar surface area (TPSA) is 61.3 Å². The molecule has 4 nitrogen and oxygen atoms in total. The molecule has 0 amide bonds. The van der Waals surface area contributed by atoms with E-state index in [1.807, 2.05) is 18.2 Å². The molecule has 1 aromatic heterocycles. The second-order valence-electron chi connectivity index (χ2n) is 3.05. The maximum Gasteiger partial charge on any atom is 0.262 e. The number of rotatable bonds is 4. The van der Waals surface area contributed by atoms with Crippen molar-refractivity contribution in [3.63, 3.8) is 0 Å². The van der Waals surface area contributed by atoms with Crippen molar-refractivity contribution in [1.82, 2.24) is 5.16 Å². The SMILES string of the molecule is NCCOc1noc2cccc(CBr)c12. The molecule has 2 aromatic rings. The second kappa shape index (κ2) is 4.63. The number of fused-ring (bicyclic) bond motifs is 1. The average molecular weight is 271 g/mol. The van der Waals surface area contributed by atoms with Crippen LogP contribution in [0.5, 0.6) is 5.88 Å². The minimum atomic E-state index is 0.443. The van der Waals surface area contributed by atoms with Crippen LogP contribution in [0.25, 0.3) is 11.0 Å². The number of halogens is 1. The van der Waals surface area contributed by atoms with E-state index < -0.39 is 0 Å². The van der Waals surface area contributed by atoms with E-state index in [1.54, 1.807) is 0 Å². The van der Waals surface area contributed by atoms with Crippen molar-refractivity contribution in [3.05, 3.63) is 23.8 Å². The summed E-state index contributed by atoms with van der Waals surface area (Å²) in [6, 6.07) is 5.80. The van der Waals surface area contributed by atoms with Gasteiger partial charge in [-0.15, -0.1) is 0 Å². The van der Waals surface area contributed by atoms with Gasteiger partial charge in [-0.2, -0.15) is 0 Å². The highest BCUT2D eigenvalue weighted by atomic mass is 79.9. The molecule has 0 radical (unpaired) electrons. The van der Waals surface area contributed by atoms with E-state index >= 15 is 0 Å². The Kier molecular flexibility index (Phi) is 3.23. The fourth-order valence-corrected chi connectivity index (χ4v) is 1.86. The molecule has 0 aliphatic rings. The third-order valence-electron chi connectivity index (χ3n) is 2.05. The molecule has 0 spiro atoms. The van der Waals surface area contributed by atoms with Crippen LogP contribution in [0.15, 0.2) is 22.7 Å². The zero-order valence-electron chi connectivity index (χ0n) is 8.07. The third kappa shape index (κ3) is 1.98. The molecule has 0 bridgehead atoms. The van der Waals surface area contributed by atoms with Crippen molar-refractivity contribution in [1.29, 1.82) is 0 Å². The minimum Gasteiger partial charge on any atom is -0.474 e. The number of hydrogen-bond acceptors (Lipinski definition) is 4. The molecule has 0 fully saturated rings. The van der Waals surface area contributed by atoms with Crippen molar-refractivity contribution >= 4 is 26.9 Å². The Morgan fingerprint density at radius 2 is 2.33 bits per heavy atom. The van der Waals surface area contributed by atoms with Gasteiger partial charge in [-0.3, -0.25) is 0 Å². The molecule has 0 saturated carbocycles. The molecule has 2 N–H and O–H groups in total. The molecule has 80 valence electrons. The van der Waals surface area contributed by atoms with Crippen LogP contribution in [0, 0.1) is 0 Å². The molecule has 5 heteroatoms. The van der Waals surface area contributed by atoms with Gasteiger partial charge in [0.2, 0.25) is 0 Å². The lowest BCUT2D eigenvalue weighted by Gasteiger charge is -2.01. The average Bonchev–Trinajstić information content (AvgIpc) is 2.69. The maximum atomic E-state index is 5.40. The van der Waals surface area contributed by atoms with E-state index in [2.05, 4.69) is 21.1 Å². The van der Waals surface area contributed by atoms with Crippen LogP contribution in [0.4, 0.5) is 0 Å². The first kappa shape index (κ1) is 10.4. The fraction of sp³-hybridized carbons (Fsp3) is 0.300. The summed E-state index contributed by atoms with van der Waals surface area (Å²) in [4.78, 5) is 0. The Balaban J connectivity index is 2.46. The molecule has 0 aliphatic carbocycles. The van der Waals surface area contributed by atoms with Crippen molar-refractivity contribution < 1.29 is 9.26 Å². The van der Waals surface area contributed by atoms with Crippen molar-refractivity contribution in [2.75, 3.05) is 13.2 Å². The Labute approximate surface area is 95.5 Å². The van der Waals surface area contributed by atoms with Crippen LogP contribution < -0.4 is 10.5 Å². The highest BCUT2D eigenvalue weighted by molar-refractivity contribution is 9.08. The van der Waals surface area contributed by atoms with E-state index in [0.717, 1.165) is 21.9 Å². The van der Waals surface area contributed by atoms with Crippen LogP contribution in [0.2, 0.25) is 0 Å². The summed E-state index contributed by atoms with van der Waals surface area (Å²) < 4.78 is 10.6. The van der Waals surface area contributed by atoms with Crippen LogP contribution >= 0.6 is 15.9 Å². The number of alkyl halides is 1. The number of hydrogen-bond donors (Lipinski definition) is 1. The summed E-state index contributed by atoms with van der Waals surface area (Å²) in [5, 5.41) is 5.53. The van der Waals surface area contributed by atoms with E-state index in [4.69, 9.17) is 15.0 Å². The van der Waals surface area contributed by atoms with Crippen LogP contribution in [0.1, 0.15) is 5.56 Å². The first-order chi connectivity index (χ1) is 7.36. The molecule has 1 aromatic carbocycles. The predicted molar refractivity (Wildman–Crippen MR) is 61.2 cm³/mol. The van der Waals surface area contributed by atoms with Gasteiger partial charge in [0, 0.05) is 11.9 Å². The van der Waals surface area contributed by atoms with Gasteiger partial charge < -0.3 is 15.0 Å². The van der Waals surface area contributed by atoms with E-state index in [1.165, 1.54) is 0 Å². The van der Waals surface area contributed by atoms with E-state index in [0.29, 0.717) is 19.0 Å². The quantitative estimate of drug-likeness (QED) is 0.864. The van der Waals surface area contributed by atoms with Crippen molar-refractivity contribution in [3.8, 4) is 5.88 Å². The fourth-order valence-electron chi connectivity index (χ4n) is 1.40. The monoisotopic (exact) mass is 270 g/mol. The number of aromatic nitrogens is 1. The Hall–Kier alpha value is -1.07. The Morgan fingerprint density at radius 1 is 1.47 bits per heavy atom. The van der Waals surface area contributed by atoms with Crippen molar-refractivity contribution in [2.45, 2.75) is 5.33 Å². The largest absolute Gasteiger partial charge is 0.474 e. The smallest absolute Gasteiger partial charge is 0.262 e. The summed E-state index contributed by atoms with van der Waals surface area (Å²) in [6.07, 6.45) is 0.